The maximum absolute atomic E-state index is 14.8. The van der Waals surface area contributed by atoms with Gasteiger partial charge in [-0.15, -0.1) is 5.10 Å². The van der Waals surface area contributed by atoms with E-state index in [1.165, 1.54) is 22.9 Å². The van der Waals surface area contributed by atoms with E-state index in [9.17, 15) is 4.39 Å². The summed E-state index contributed by atoms with van der Waals surface area (Å²) in [5.41, 5.74) is 4.52. The number of tetrazole rings is 1. The van der Waals surface area contributed by atoms with Gasteiger partial charge in [0.2, 0.25) is 0 Å². The summed E-state index contributed by atoms with van der Waals surface area (Å²) in [6, 6.07) is 13.2. The molecule has 1 aliphatic rings. The molecule has 4 rings (SSSR count). The summed E-state index contributed by atoms with van der Waals surface area (Å²) in [5, 5.41) is 12.4. The quantitative estimate of drug-likeness (QED) is 0.640. The van der Waals surface area contributed by atoms with Gasteiger partial charge in [-0.05, 0) is 61.4 Å². The molecule has 0 amide bonds. The maximum Gasteiger partial charge on any atom is 0.173 e. The Balaban J connectivity index is 1.64. The first-order chi connectivity index (χ1) is 14.5. The summed E-state index contributed by atoms with van der Waals surface area (Å²) < 4.78 is 16.6. The van der Waals surface area contributed by atoms with Crippen molar-refractivity contribution in [2.24, 2.45) is 0 Å². The Morgan fingerprint density at radius 1 is 0.933 bits per heavy atom. The first-order valence-corrected chi connectivity index (χ1v) is 10.5. The molecule has 0 bridgehead atoms. The van der Waals surface area contributed by atoms with Crippen molar-refractivity contribution in [2.45, 2.75) is 39.8 Å². The first kappa shape index (κ1) is 20.5. The van der Waals surface area contributed by atoms with Crippen molar-refractivity contribution in [1.29, 1.82) is 0 Å². The van der Waals surface area contributed by atoms with Crippen molar-refractivity contribution in [3.05, 3.63) is 70.8 Å². The summed E-state index contributed by atoms with van der Waals surface area (Å²) in [6.45, 7) is 11.8. The van der Waals surface area contributed by atoms with E-state index in [2.05, 4.69) is 57.4 Å². The average Bonchev–Trinajstić information content (AvgIpc) is 3.22. The summed E-state index contributed by atoms with van der Waals surface area (Å²) in [6.07, 6.45) is 0. The topological polar surface area (TPSA) is 50.1 Å². The van der Waals surface area contributed by atoms with Crippen LogP contribution >= 0.6 is 0 Å². The lowest BCUT2D eigenvalue weighted by Gasteiger charge is -2.40. The zero-order valence-corrected chi connectivity index (χ0v) is 18.1. The van der Waals surface area contributed by atoms with E-state index in [4.69, 9.17) is 0 Å². The van der Waals surface area contributed by atoms with Crippen LogP contribution < -0.4 is 4.90 Å². The minimum atomic E-state index is -0.315. The molecule has 2 heterocycles. The number of hydrogen-bond donors (Lipinski definition) is 0. The van der Waals surface area contributed by atoms with Gasteiger partial charge in [-0.1, -0.05) is 30.3 Å². The zero-order chi connectivity index (χ0) is 21.3. The second kappa shape index (κ2) is 8.52. The van der Waals surface area contributed by atoms with E-state index < -0.39 is 0 Å². The molecule has 1 atom stereocenters. The van der Waals surface area contributed by atoms with Gasteiger partial charge >= 0.3 is 0 Å². The van der Waals surface area contributed by atoms with Crippen LogP contribution in [0.5, 0.6) is 0 Å². The molecule has 3 aromatic rings. The second-order valence-electron chi connectivity index (χ2n) is 8.24. The van der Waals surface area contributed by atoms with Crippen LogP contribution in [0.25, 0.3) is 0 Å². The van der Waals surface area contributed by atoms with E-state index in [1.54, 1.807) is 10.7 Å². The predicted octanol–water partition coefficient (Wildman–Crippen LogP) is 3.92. The largest absolute Gasteiger partial charge is 0.369 e. The molecule has 158 valence electrons. The zero-order valence-electron chi connectivity index (χ0n) is 18.1. The fourth-order valence-corrected chi connectivity index (χ4v) is 4.24. The number of benzene rings is 2. The predicted molar refractivity (Wildman–Crippen MR) is 116 cm³/mol. The lowest BCUT2D eigenvalue weighted by molar-refractivity contribution is 0.195. The lowest BCUT2D eigenvalue weighted by Crippen LogP contribution is -2.48. The Morgan fingerprint density at radius 2 is 1.67 bits per heavy atom. The van der Waals surface area contributed by atoms with Crippen LogP contribution in [0, 0.1) is 19.7 Å². The Morgan fingerprint density at radius 3 is 2.37 bits per heavy atom. The van der Waals surface area contributed by atoms with E-state index in [-0.39, 0.29) is 17.9 Å². The summed E-state index contributed by atoms with van der Waals surface area (Å²) in [7, 11) is 0. The highest BCUT2D eigenvalue weighted by molar-refractivity contribution is 5.56. The van der Waals surface area contributed by atoms with Gasteiger partial charge in [0.05, 0.1) is 6.04 Å². The molecule has 7 heteroatoms. The van der Waals surface area contributed by atoms with Crippen LogP contribution in [0.15, 0.2) is 42.5 Å². The molecule has 0 saturated carbocycles. The number of hydrogen-bond acceptors (Lipinski definition) is 5. The van der Waals surface area contributed by atoms with Crippen molar-refractivity contribution < 1.29 is 4.39 Å². The third-order valence-corrected chi connectivity index (χ3v) is 6.05. The minimum Gasteiger partial charge on any atom is -0.369 e. The first-order valence-electron chi connectivity index (χ1n) is 10.5. The van der Waals surface area contributed by atoms with Crippen molar-refractivity contribution in [3.63, 3.8) is 0 Å². The fraction of sp³-hybridized carbons (Fsp3) is 0.435. The van der Waals surface area contributed by atoms with Crippen LogP contribution in [0.3, 0.4) is 0 Å². The number of nitrogens with zero attached hydrogens (tertiary/aromatic N) is 6. The Kier molecular flexibility index (Phi) is 5.81. The molecule has 0 spiro atoms. The fourth-order valence-electron chi connectivity index (χ4n) is 4.24. The van der Waals surface area contributed by atoms with E-state index in [0.29, 0.717) is 11.4 Å². The molecular formula is C23H29FN6. The van der Waals surface area contributed by atoms with Crippen LogP contribution in [-0.4, -0.2) is 51.3 Å². The molecule has 1 aromatic heterocycles. The molecule has 1 aliphatic heterocycles. The molecule has 30 heavy (non-hydrogen) atoms. The second-order valence-corrected chi connectivity index (χ2v) is 8.24. The summed E-state index contributed by atoms with van der Waals surface area (Å²) in [5.74, 6) is 0.466. The highest BCUT2D eigenvalue weighted by Gasteiger charge is 2.33. The third-order valence-electron chi connectivity index (χ3n) is 6.05. The average molecular weight is 409 g/mol. The number of anilines is 1. The molecule has 2 aromatic carbocycles. The van der Waals surface area contributed by atoms with Crippen LogP contribution in [0.4, 0.5) is 10.1 Å². The highest BCUT2D eigenvalue weighted by atomic mass is 19.1. The highest BCUT2D eigenvalue weighted by Crippen LogP contribution is 2.32. The van der Waals surface area contributed by atoms with Gasteiger partial charge in [-0.25, -0.2) is 9.07 Å². The van der Waals surface area contributed by atoms with E-state index >= 15 is 0 Å². The summed E-state index contributed by atoms with van der Waals surface area (Å²) in [4.78, 5) is 4.72. The Bertz CT molecular complexity index is 1010. The minimum absolute atomic E-state index is 0.0977. The molecule has 0 radical (unpaired) electrons. The number of aryl methyl sites for hydroxylation is 1. The number of piperazine rings is 1. The maximum atomic E-state index is 14.8. The number of aromatic nitrogens is 4. The van der Waals surface area contributed by atoms with Gasteiger partial charge < -0.3 is 4.90 Å². The normalized spacial score (nSPS) is 16.3. The smallest absolute Gasteiger partial charge is 0.173 e. The molecule has 0 aliphatic carbocycles. The molecule has 1 fully saturated rings. The number of rotatable bonds is 5. The van der Waals surface area contributed by atoms with E-state index in [0.717, 1.165) is 26.2 Å². The Labute approximate surface area is 177 Å². The van der Waals surface area contributed by atoms with Gasteiger partial charge in [0.15, 0.2) is 5.82 Å². The summed E-state index contributed by atoms with van der Waals surface area (Å²) >= 11 is 0. The van der Waals surface area contributed by atoms with Crippen LogP contribution in [-0.2, 0) is 0 Å². The van der Waals surface area contributed by atoms with Crippen molar-refractivity contribution in [1.82, 2.24) is 25.1 Å². The van der Waals surface area contributed by atoms with Crippen molar-refractivity contribution >= 4 is 5.69 Å². The molecule has 0 unspecified atom stereocenters. The molecule has 6 nitrogen and oxygen atoms in total. The van der Waals surface area contributed by atoms with Crippen molar-refractivity contribution in [2.75, 3.05) is 31.1 Å². The Hall–Kier alpha value is -2.80. The van der Waals surface area contributed by atoms with Gasteiger partial charge in [0.1, 0.15) is 11.9 Å². The monoisotopic (exact) mass is 408 g/mol. The van der Waals surface area contributed by atoms with Crippen LogP contribution in [0.1, 0.15) is 48.4 Å². The van der Waals surface area contributed by atoms with Gasteiger partial charge in [0, 0.05) is 37.4 Å². The SMILES string of the molecule is Cc1cccc(N2CCN([C@@H](c3ccccc3F)c3nnnn3C(C)C)CC2)c1C. The van der Waals surface area contributed by atoms with Crippen molar-refractivity contribution in [3.8, 4) is 0 Å². The van der Waals surface area contributed by atoms with Gasteiger partial charge in [0.25, 0.3) is 0 Å². The van der Waals surface area contributed by atoms with Gasteiger partial charge in [-0.3, -0.25) is 4.90 Å². The molecule has 0 N–H and O–H groups in total. The lowest BCUT2D eigenvalue weighted by atomic mass is 10.0. The number of halogens is 1. The standard InChI is InChI=1S/C23H29FN6/c1-16(2)30-23(25-26-27-30)22(19-9-5-6-10-20(19)24)29-14-12-28(13-15-29)21-11-7-8-17(3)18(21)4/h5-11,16,22H,12-15H2,1-4H3/t22-/m0/s1. The molecular weight excluding hydrogens is 379 g/mol. The third kappa shape index (κ3) is 3.81. The van der Waals surface area contributed by atoms with Gasteiger partial charge in [-0.2, -0.15) is 0 Å². The van der Waals surface area contributed by atoms with E-state index in [1.807, 2.05) is 26.0 Å². The van der Waals surface area contributed by atoms with Crippen LogP contribution in [0.2, 0.25) is 0 Å². The molecule has 1 saturated heterocycles.